The highest BCUT2D eigenvalue weighted by atomic mass is 19.1. The van der Waals surface area contributed by atoms with Gasteiger partial charge in [-0.05, 0) is 48.5 Å². The summed E-state index contributed by atoms with van der Waals surface area (Å²) >= 11 is 0. The van der Waals surface area contributed by atoms with Crippen molar-refractivity contribution >= 4 is 17.3 Å². The van der Waals surface area contributed by atoms with E-state index in [1.54, 1.807) is 18.3 Å². The Labute approximate surface area is 167 Å². The number of hydrogen-bond acceptors (Lipinski definition) is 3. The zero-order chi connectivity index (χ0) is 19.8. The standard InChI is InChI=1S/C23H18FN5/c1-28-15-13-25-23(28)26-19-11-7-16(8-12-19)21-22(17-5-9-18(24)10-6-17)29-14-3-2-4-20(29)27-21/h2-15H,1H3,(H,25,26). The summed E-state index contributed by atoms with van der Waals surface area (Å²) in [5.41, 5.74) is 5.47. The molecule has 0 saturated heterocycles. The lowest BCUT2D eigenvalue weighted by molar-refractivity contribution is 0.628. The van der Waals surface area contributed by atoms with Crippen molar-refractivity contribution in [2.45, 2.75) is 0 Å². The first-order valence-electron chi connectivity index (χ1n) is 9.27. The van der Waals surface area contributed by atoms with Crippen LogP contribution in [0.3, 0.4) is 0 Å². The van der Waals surface area contributed by atoms with Crippen LogP contribution in [0.1, 0.15) is 0 Å². The summed E-state index contributed by atoms with van der Waals surface area (Å²) in [6.07, 6.45) is 5.62. The molecule has 29 heavy (non-hydrogen) atoms. The highest BCUT2D eigenvalue weighted by molar-refractivity contribution is 5.82. The first-order chi connectivity index (χ1) is 14.2. The third kappa shape index (κ3) is 3.14. The number of aromatic nitrogens is 4. The van der Waals surface area contributed by atoms with Crippen molar-refractivity contribution in [3.63, 3.8) is 0 Å². The second kappa shape index (κ2) is 6.91. The maximum atomic E-state index is 13.5. The first kappa shape index (κ1) is 17.2. The topological polar surface area (TPSA) is 47.2 Å². The van der Waals surface area contributed by atoms with Crippen molar-refractivity contribution in [1.29, 1.82) is 0 Å². The summed E-state index contributed by atoms with van der Waals surface area (Å²) in [4.78, 5) is 9.12. The number of anilines is 2. The molecule has 0 bridgehead atoms. The van der Waals surface area contributed by atoms with Gasteiger partial charge in [-0.3, -0.25) is 4.40 Å². The average molecular weight is 383 g/mol. The monoisotopic (exact) mass is 383 g/mol. The number of pyridine rings is 1. The van der Waals surface area contributed by atoms with Crippen molar-refractivity contribution in [1.82, 2.24) is 18.9 Å². The third-order valence-electron chi connectivity index (χ3n) is 4.88. The number of nitrogens with one attached hydrogen (secondary N) is 1. The molecule has 1 N–H and O–H groups in total. The van der Waals surface area contributed by atoms with Gasteiger partial charge in [-0.1, -0.05) is 18.2 Å². The summed E-state index contributed by atoms with van der Waals surface area (Å²) in [7, 11) is 1.94. The van der Waals surface area contributed by atoms with Crippen LogP contribution in [0.15, 0.2) is 85.3 Å². The van der Waals surface area contributed by atoms with Crippen molar-refractivity contribution < 1.29 is 4.39 Å². The molecule has 6 heteroatoms. The Balaban J connectivity index is 1.58. The minimum Gasteiger partial charge on any atom is -0.326 e. The maximum Gasteiger partial charge on any atom is 0.207 e. The number of imidazole rings is 2. The van der Waals surface area contributed by atoms with Gasteiger partial charge in [0, 0.05) is 42.5 Å². The molecule has 142 valence electrons. The number of benzene rings is 2. The van der Waals surface area contributed by atoms with Gasteiger partial charge in [0.2, 0.25) is 5.95 Å². The molecule has 0 atom stereocenters. The molecule has 2 aromatic carbocycles. The lowest BCUT2D eigenvalue weighted by atomic mass is 10.0. The number of fused-ring (bicyclic) bond motifs is 1. The van der Waals surface area contributed by atoms with Crippen LogP contribution in [0.5, 0.6) is 0 Å². The van der Waals surface area contributed by atoms with Crippen molar-refractivity contribution in [3.8, 4) is 22.5 Å². The quantitative estimate of drug-likeness (QED) is 0.459. The molecule has 5 nitrogen and oxygen atoms in total. The Morgan fingerprint density at radius 3 is 2.34 bits per heavy atom. The van der Waals surface area contributed by atoms with E-state index in [0.29, 0.717) is 0 Å². The van der Waals surface area contributed by atoms with Crippen molar-refractivity contribution in [2.24, 2.45) is 7.05 Å². The molecule has 0 spiro atoms. The fourth-order valence-corrected chi connectivity index (χ4v) is 3.41. The lowest BCUT2D eigenvalue weighted by Gasteiger charge is -2.08. The summed E-state index contributed by atoms with van der Waals surface area (Å²) in [6.45, 7) is 0. The van der Waals surface area contributed by atoms with E-state index >= 15 is 0 Å². The molecule has 0 unspecified atom stereocenters. The van der Waals surface area contributed by atoms with Crippen molar-refractivity contribution in [2.75, 3.05) is 5.32 Å². The highest BCUT2D eigenvalue weighted by Crippen LogP contribution is 2.33. The van der Waals surface area contributed by atoms with Crippen LogP contribution in [0, 0.1) is 5.82 Å². The fraction of sp³-hybridized carbons (Fsp3) is 0.0435. The lowest BCUT2D eigenvalue weighted by Crippen LogP contribution is -1.98. The van der Waals surface area contributed by atoms with E-state index in [1.807, 2.05) is 70.9 Å². The van der Waals surface area contributed by atoms with Gasteiger partial charge in [0.1, 0.15) is 11.5 Å². The molecule has 0 fully saturated rings. The largest absolute Gasteiger partial charge is 0.326 e. The predicted octanol–water partition coefficient (Wildman–Crippen LogP) is 5.28. The minimum atomic E-state index is -0.256. The second-order valence-electron chi connectivity index (χ2n) is 6.81. The van der Waals surface area contributed by atoms with E-state index in [1.165, 1.54) is 12.1 Å². The summed E-state index contributed by atoms with van der Waals surface area (Å²) in [6, 6.07) is 20.5. The molecule has 0 aliphatic rings. The third-order valence-corrected chi connectivity index (χ3v) is 4.88. The van der Waals surface area contributed by atoms with Gasteiger partial charge in [0.15, 0.2) is 0 Å². The van der Waals surface area contributed by atoms with Crippen molar-refractivity contribution in [3.05, 3.63) is 91.1 Å². The summed E-state index contributed by atoms with van der Waals surface area (Å²) in [5.74, 6) is 0.520. The second-order valence-corrected chi connectivity index (χ2v) is 6.81. The molecule has 3 heterocycles. The van der Waals surface area contributed by atoms with Gasteiger partial charge in [0.25, 0.3) is 0 Å². The normalized spacial score (nSPS) is 11.1. The molecule has 0 aliphatic carbocycles. The molecule has 3 aromatic heterocycles. The van der Waals surface area contributed by atoms with Gasteiger partial charge < -0.3 is 9.88 Å². The molecular formula is C23H18FN5. The number of nitrogens with zero attached hydrogens (tertiary/aromatic N) is 4. The average Bonchev–Trinajstić information content (AvgIpc) is 3.33. The zero-order valence-electron chi connectivity index (χ0n) is 15.7. The fourth-order valence-electron chi connectivity index (χ4n) is 3.41. The smallest absolute Gasteiger partial charge is 0.207 e. The van der Waals surface area contributed by atoms with Gasteiger partial charge in [-0.25, -0.2) is 14.4 Å². The van der Waals surface area contributed by atoms with Crippen LogP contribution in [0.2, 0.25) is 0 Å². The zero-order valence-corrected chi connectivity index (χ0v) is 15.7. The predicted molar refractivity (Wildman–Crippen MR) is 113 cm³/mol. The summed E-state index contributed by atoms with van der Waals surface area (Å²) in [5, 5.41) is 3.29. The molecule has 5 rings (SSSR count). The minimum absolute atomic E-state index is 0.256. The maximum absolute atomic E-state index is 13.5. The van der Waals surface area contributed by atoms with Crippen LogP contribution in [-0.2, 0) is 7.05 Å². The van der Waals surface area contributed by atoms with E-state index in [4.69, 9.17) is 4.98 Å². The van der Waals surface area contributed by atoms with Crippen LogP contribution in [-0.4, -0.2) is 18.9 Å². The number of hydrogen-bond donors (Lipinski definition) is 1. The van der Waals surface area contributed by atoms with Crippen LogP contribution in [0.4, 0.5) is 16.0 Å². The Hall–Kier alpha value is -3.93. The molecule has 5 aromatic rings. The Morgan fingerprint density at radius 2 is 1.62 bits per heavy atom. The Kier molecular flexibility index (Phi) is 4.09. The number of halogens is 1. The SMILES string of the molecule is Cn1ccnc1Nc1ccc(-c2nc3ccccn3c2-c2ccc(F)cc2)cc1. The van der Waals surface area contributed by atoms with Gasteiger partial charge in [-0.2, -0.15) is 0 Å². The number of rotatable bonds is 4. The van der Waals surface area contributed by atoms with Crippen LogP contribution >= 0.6 is 0 Å². The van der Waals surface area contributed by atoms with Crippen LogP contribution < -0.4 is 5.32 Å². The van der Waals surface area contributed by atoms with E-state index in [2.05, 4.69) is 10.3 Å². The molecule has 0 amide bonds. The van der Waals surface area contributed by atoms with E-state index in [0.717, 1.165) is 39.8 Å². The van der Waals surface area contributed by atoms with Gasteiger partial charge in [-0.15, -0.1) is 0 Å². The molecule has 0 aliphatic heterocycles. The number of aryl methyl sites for hydroxylation is 1. The van der Waals surface area contributed by atoms with E-state index in [-0.39, 0.29) is 5.82 Å². The molecular weight excluding hydrogens is 365 g/mol. The van der Waals surface area contributed by atoms with Gasteiger partial charge >= 0.3 is 0 Å². The van der Waals surface area contributed by atoms with Crippen LogP contribution in [0.25, 0.3) is 28.2 Å². The van der Waals surface area contributed by atoms with E-state index in [9.17, 15) is 4.39 Å². The Bertz CT molecular complexity index is 1280. The highest BCUT2D eigenvalue weighted by Gasteiger charge is 2.16. The molecule has 0 saturated carbocycles. The van der Waals surface area contributed by atoms with Gasteiger partial charge in [0.05, 0.1) is 11.4 Å². The first-order valence-corrected chi connectivity index (χ1v) is 9.27. The summed E-state index contributed by atoms with van der Waals surface area (Å²) < 4.78 is 17.4. The molecule has 0 radical (unpaired) electrons. The van der Waals surface area contributed by atoms with E-state index < -0.39 is 0 Å². The Morgan fingerprint density at radius 1 is 0.862 bits per heavy atom.